The zero-order chi connectivity index (χ0) is 7.11. The second kappa shape index (κ2) is 5.06. The van der Waals surface area contributed by atoms with E-state index in [1.807, 2.05) is 0 Å². The first-order chi connectivity index (χ1) is 4.31. The molecule has 0 N–H and O–H groups in total. The van der Waals surface area contributed by atoms with Crippen LogP contribution in [0.2, 0.25) is 0 Å². The van der Waals surface area contributed by atoms with Crippen LogP contribution in [0.15, 0.2) is 11.1 Å². The Labute approximate surface area is 54.0 Å². The van der Waals surface area contributed by atoms with Gasteiger partial charge in [-0.2, -0.15) is 0 Å². The van der Waals surface area contributed by atoms with Crippen molar-refractivity contribution in [3.63, 3.8) is 0 Å². The van der Waals surface area contributed by atoms with Crippen molar-refractivity contribution in [3.05, 3.63) is 6.08 Å². The molecule has 0 atom stereocenters. The van der Waals surface area contributed by atoms with E-state index in [2.05, 4.69) is 15.6 Å². The first-order valence-corrected chi connectivity index (χ1v) is 2.65. The molecule has 0 radical (unpaired) electrons. The minimum atomic E-state index is -0.400. The topological polar surface area (TPSA) is 38.7 Å². The predicted molar refractivity (Wildman–Crippen MR) is 34.6 cm³/mol. The minimum absolute atomic E-state index is 0.390. The maximum atomic E-state index is 10.4. The van der Waals surface area contributed by atoms with E-state index in [1.54, 1.807) is 6.92 Å². The summed E-state index contributed by atoms with van der Waals surface area (Å²) in [5.74, 6) is 1.96. The van der Waals surface area contributed by atoms with Gasteiger partial charge in [0.1, 0.15) is 0 Å². The molecule has 0 amide bonds. The summed E-state index contributed by atoms with van der Waals surface area (Å²) < 4.78 is 4.53. The number of esters is 1. The Morgan fingerprint density at radius 3 is 3.00 bits per heavy atom. The van der Waals surface area contributed by atoms with E-state index in [0.717, 1.165) is 6.08 Å². The Morgan fingerprint density at radius 2 is 2.56 bits per heavy atom. The van der Waals surface area contributed by atoms with Gasteiger partial charge in [0.05, 0.1) is 12.7 Å². The van der Waals surface area contributed by atoms with Crippen LogP contribution < -0.4 is 0 Å². The number of carbonyl (C=O) groups is 1. The largest absolute Gasteiger partial charge is 0.462 e. The average molecular weight is 127 g/mol. The smallest absolute Gasteiger partial charge is 0.340 e. The highest BCUT2D eigenvalue weighted by atomic mass is 16.5. The first kappa shape index (κ1) is 7.92. The summed E-state index contributed by atoms with van der Waals surface area (Å²) in [4.78, 5) is 13.9. The van der Waals surface area contributed by atoms with Crippen LogP contribution in [-0.2, 0) is 9.53 Å². The molecular weight excluding hydrogens is 118 g/mol. The third-order valence-electron chi connectivity index (χ3n) is 0.598. The van der Waals surface area contributed by atoms with Gasteiger partial charge in [-0.1, -0.05) is 0 Å². The number of hydrogen-bond acceptors (Lipinski definition) is 3. The molecule has 0 spiro atoms. The molecule has 0 aromatic rings. The van der Waals surface area contributed by atoms with Crippen LogP contribution in [0.4, 0.5) is 0 Å². The van der Waals surface area contributed by atoms with Crippen molar-refractivity contribution in [2.45, 2.75) is 6.92 Å². The fraction of sp³-hybridized carbons (Fsp3) is 0.500. The zero-order valence-electron chi connectivity index (χ0n) is 5.55. The predicted octanol–water partition coefficient (Wildman–Crippen LogP) is 0.405. The lowest BCUT2D eigenvalue weighted by Crippen LogP contribution is -1.98. The molecule has 0 saturated heterocycles. The molecule has 0 aliphatic carbocycles. The molecule has 50 valence electrons. The maximum absolute atomic E-state index is 10.4. The Bertz CT molecular complexity index is 145. The van der Waals surface area contributed by atoms with Gasteiger partial charge in [0, 0.05) is 7.05 Å². The zero-order valence-corrected chi connectivity index (χ0v) is 5.55. The summed E-state index contributed by atoms with van der Waals surface area (Å²) in [5.41, 5.74) is 0. The van der Waals surface area contributed by atoms with Crippen LogP contribution in [0.25, 0.3) is 0 Å². The number of ether oxygens (including phenoxy) is 1. The Balaban J connectivity index is 3.63. The molecule has 0 aromatic carbocycles. The van der Waals surface area contributed by atoms with Crippen molar-refractivity contribution < 1.29 is 9.53 Å². The van der Waals surface area contributed by atoms with E-state index in [9.17, 15) is 4.79 Å². The van der Waals surface area contributed by atoms with Crippen LogP contribution in [0.3, 0.4) is 0 Å². The monoisotopic (exact) mass is 127 g/mol. The molecule has 0 rings (SSSR count). The highest BCUT2D eigenvalue weighted by molar-refractivity contribution is 5.90. The van der Waals surface area contributed by atoms with Crippen molar-refractivity contribution in [3.8, 4) is 0 Å². The van der Waals surface area contributed by atoms with Gasteiger partial charge in [-0.3, -0.25) is 0 Å². The standard InChI is InChI=1S/C6H9NO2/c1-3-9-6(8)4-5-7-2/h4H,3H2,1-2H3. The highest BCUT2D eigenvalue weighted by Crippen LogP contribution is 1.74. The summed E-state index contributed by atoms with van der Waals surface area (Å²) in [5, 5.41) is 0. The van der Waals surface area contributed by atoms with E-state index in [4.69, 9.17) is 0 Å². The molecular formula is C6H9NO2. The lowest BCUT2D eigenvalue weighted by molar-refractivity contribution is -0.137. The highest BCUT2D eigenvalue weighted by Gasteiger charge is 1.89. The summed E-state index contributed by atoms with van der Waals surface area (Å²) in [6.45, 7) is 2.13. The molecule has 0 fully saturated rings. The van der Waals surface area contributed by atoms with Crippen molar-refractivity contribution in [1.82, 2.24) is 0 Å². The SMILES string of the molecule is CCOC(=O)C=C=NC. The lowest BCUT2D eigenvalue weighted by Gasteiger charge is -1.90. The molecule has 3 heteroatoms. The Kier molecular flexibility index (Phi) is 4.46. The van der Waals surface area contributed by atoms with Crippen LogP contribution in [-0.4, -0.2) is 25.5 Å². The lowest BCUT2D eigenvalue weighted by atomic mass is 10.6. The van der Waals surface area contributed by atoms with E-state index in [1.165, 1.54) is 7.05 Å². The molecule has 0 bridgehead atoms. The van der Waals surface area contributed by atoms with Gasteiger partial charge in [-0.25, -0.2) is 9.79 Å². The van der Waals surface area contributed by atoms with Crippen LogP contribution in [0, 0.1) is 0 Å². The summed E-state index contributed by atoms with van der Waals surface area (Å²) in [7, 11) is 1.54. The van der Waals surface area contributed by atoms with Crippen molar-refractivity contribution >= 4 is 11.8 Å². The minimum Gasteiger partial charge on any atom is -0.462 e. The van der Waals surface area contributed by atoms with E-state index in [0.29, 0.717) is 6.61 Å². The second-order valence-corrected chi connectivity index (χ2v) is 1.25. The molecule has 0 saturated carbocycles. The number of nitrogens with zero attached hydrogens (tertiary/aromatic N) is 1. The van der Waals surface area contributed by atoms with Gasteiger partial charge in [0.25, 0.3) is 0 Å². The fourth-order valence-corrected chi connectivity index (χ4v) is 0.301. The summed E-state index contributed by atoms with van der Waals surface area (Å²) >= 11 is 0. The molecule has 9 heavy (non-hydrogen) atoms. The maximum Gasteiger partial charge on any atom is 0.340 e. The van der Waals surface area contributed by atoms with Gasteiger partial charge in [0.2, 0.25) is 0 Å². The Hall–Kier alpha value is -1.08. The summed E-state index contributed by atoms with van der Waals surface area (Å²) in [6, 6.07) is 0. The average Bonchev–Trinajstić information content (AvgIpc) is 1.85. The number of aliphatic imine (C=N–C) groups is 1. The fourth-order valence-electron chi connectivity index (χ4n) is 0.301. The van der Waals surface area contributed by atoms with Gasteiger partial charge >= 0.3 is 5.97 Å². The Morgan fingerprint density at radius 1 is 1.89 bits per heavy atom. The third-order valence-corrected chi connectivity index (χ3v) is 0.598. The normalized spacial score (nSPS) is 7.33. The number of carbonyl (C=O) groups excluding carboxylic acids is 1. The molecule has 0 aliphatic heterocycles. The number of rotatable bonds is 2. The van der Waals surface area contributed by atoms with Crippen LogP contribution >= 0.6 is 0 Å². The van der Waals surface area contributed by atoms with Crippen molar-refractivity contribution in [2.24, 2.45) is 4.99 Å². The van der Waals surface area contributed by atoms with Gasteiger partial charge in [-0.15, -0.1) is 0 Å². The van der Waals surface area contributed by atoms with Crippen molar-refractivity contribution in [1.29, 1.82) is 0 Å². The van der Waals surface area contributed by atoms with E-state index < -0.39 is 5.97 Å². The third kappa shape index (κ3) is 4.78. The summed E-state index contributed by atoms with van der Waals surface area (Å²) in [6.07, 6.45) is 1.16. The second-order valence-electron chi connectivity index (χ2n) is 1.25. The molecule has 3 nitrogen and oxygen atoms in total. The molecule has 0 unspecified atom stereocenters. The van der Waals surface area contributed by atoms with Crippen LogP contribution in [0.5, 0.6) is 0 Å². The molecule has 0 aromatic heterocycles. The molecule has 0 aliphatic rings. The van der Waals surface area contributed by atoms with Gasteiger partial charge in [0.15, 0.2) is 0 Å². The van der Waals surface area contributed by atoms with Crippen LogP contribution in [0.1, 0.15) is 6.92 Å². The van der Waals surface area contributed by atoms with E-state index in [-0.39, 0.29) is 0 Å². The van der Waals surface area contributed by atoms with Crippen molar-refractivity contribution in [2.75, 3.05) is 13.7 Å². The first-order valence-electron chi connectivity index (χ1n) is 2.65. The number of hydrogen-bond donors (Lipinski definition) is 0. The van der Waals surface area contributed by atoms with Gasteiger partial charge < -0.3 is 4.74 Å². The quantitative estimate of drug-likeness (QED) is 0.306. The van der Waals surface area contributed by atoms with E-state index >= 15 is 0 Å². The molecule has 0 heterocycles. The van der Waals surface area contributed by atoms with Gasteiger partial charge in [-0.05, 0) is 12.8 Å².